The first-order chi connectivity index (χ1) is 20.5. The van der Waals surface area contributed by atoms with Gasteiger partial charge in [-0.3, -0.25) is 9.59 Å². The maximum Gasteiger partial charge on any atom is 0.423 e. The molecule has 1 aliphatic heterocycles. The summed E-state index contributed by atoms with van der Waals surface area (Å²) < 4.78 is 58.6. The van der Waals surface area contributed by atoms with Crippen molar-refractivity contribution in [2.45, 2.75) is 83.7 Å². The molecule has 1 unspecified atom stereocenters. The zero-order valence-corrected chi connectivity index (χ0v) is 25.6. The minimum Gasteiger partial charge on any atom is -0.497 e. The minimum atomic E-state index is -4.96. The van der Waals surface area contributed by atoms with Gasteiger partial charge in [0, 0.05) is 12.6 Å². The second-order valence-corrected chi connectivity index (χ2v) is 11.7. The highest BCUT2D eigenvalue weighted by molar-refractivity contribution is 5.80. The predicted octanol–water partition coefficient (Wildman–Crippen LogP) is 3.01. The average molecular weight is 628 g/mol. The Labute approximate surface area is 253 Å². The average Bonchev–Trinajstić information content (AvgIpc) is 2.93. The third-order valence-corrected chi connectivity index (χ3v) is 6.75. The fourth-order valence-electron chi connectivity index (χ4n) is 4.45. The van der Waals surface area contributed by atoms with Gasteiger partial charge in [-0.2, -0.15) is 18.3 Å². The van der Waals surface area contributed by atoms with E-state index in [4.69, 9.17) is 14.2 Å². The maximum atomic E-state index is 14.0. The Morgan fingerprint density at radius 3 is 2.39 bits per heavy atom. The van der Waals surface area contributed by atoms with Crippen molar-refractivity contribution >= 4 is 17.7 Å². The van der Waals surface area contributed by atoms with Crippen molar-refractivity contribution in [3.8, 4) is 5.75 Å². The number of aromatic nitrogens is 2. The number of likely N-dealkylation sites (tertiary alicyclic amines) is 1. The van der Waals surface area contributed by atoms with Crippen LogP contribution in [0.5, 0.6) is 5.75 Å². The van der Waals surface area contributed by atoms with E-state index in [1.54, 1.807) is 45.0 Å². The summed E-state index contributed by atoms with van der Waals surface area (Å²) in [5, 5.41) is 19.7. The van der Waals surface area contributed by atoms with Crippen LogP contribution in [-0.4, -0.2) is 88.5 Å². The number of alkyl halides is 3. The van der Waals surface area contributed by atoms with E-state index in [1.807, 2.05) is 0 Å². The van der Waals surface area contributed by atoms with E-state index in [0.29, 0.717) is 11.3 Å². The van der Waals surface area contributed by atoms with E-state index in [1.165, 1.54) is 25.9 Å². The van der Waals surface area contributed by atoms with Crippen molar-refractivity contribution in [2.24, 2.45) is 0 Å². The standard InChI is InChI=1S/C29H40F3N5O7/c1-17(16-43-18(2)25(39)35-21-11-12-36(15-23(21)38)27(41)44-28(3,4)5)34-22-13-33-37(26(40)24(22)29(30,31)32)14-19-7-9-20(42-6)10-8-19/h7-10,13,17-18,21,23,34,38H,11-12,14-16H2,1-6H3,(H,35,39)/t17-,18?,21+,23+/m0/s1. The Hall–Kier alpha value is -3.85. The molecule has 44 heavy (non-hydrogen) atoms. The van der Waals surface area contributed by atoms with Gasteiger partial charge in [0.25, 0.3) is 5.56 Å². The number of piperidine rings is 1. The number of aliphatic hydroxyl groups is 1. The summed E-state index contributed by atoms with van der Waals surface area (Å²) in [6.07, 6.45) is -6.34. The number of hydrogen-bond acceptors (Lipinski definition) is 9. The van der Waals surface area contributed by atoms with Crippen molar-refractivity contribution in [3.05, 3.63) is 51.9 Å². The number of carbonyl (C=O) groups excluding carboxylic acids is 2. The van der Waals surface area contributed by atoms with E-state index >= 15 is 0 Å². The lowest BCUT2D eigenvalue weighted by Gasteiger charge is -2.37. The van der Waals surface area contributed by atoms with Crippen LogP contribution in [0.25, 0.3) is 0 Å². The number of anilines is 1. The molecule has 244 valence electrons. The number of nitrogens with zero attached hydrogens (tertiary/aromatic N) is 3. The molecule has 3 N–H and O–H groups in total. The molecular weight excluding hydrogens is 587 g/mol. The normalized spacial score (nSPS) is 18.7. The molecule has 2 heterocycles. The summed E-state index contributed by atoms with van der Waals surface area (Å²) in [6.45, 7) is 8.09. The third kappa shape index (κ3) is 9.58. The predicted molar refractivity (Wildman–Crippen MR) is 154 cm³/mol. The van der Waals surface area contributed by atoms with Gasteiger partial charge in [0.15, 0.2) is 0 Å². The van der Waals surface area contributed by atoms with Crippen LogP contribution >= 0.6 is 0 Å². The summed E-state index contributed by atoms with van der Waals surface area (Å²) in [5.41, 5.74) is -3.35. The van der Waals surface area contributed by atoms with Crippen molar-refractivity contribution in [2.75, 3.05) is 32.1 Å². The van der Waals surface area contributed by atoms with E-state index in [9.17, 15) is 32.7 Å². The van der Waals surface area contributed by atoms with Crippen molar-refractivity contribution in [3.63, 3.8) is 0 Å². The minimum absolute atomic E-state index is 0.0233. The molecule has 1 fully saturated rings. The van der Waals surface area contributed by atoms with Gasteiger partial charge in [-0.1, -0.05) is 12.1 Å². The number of amides is 2. The first kappa shape index (κ1) is 34.6. The fourth-order valence-corrected chi connectivity index (χ4v) is 4.45. The Morgan fingerprint density at radius 2 is 1.82 bits per heavy atom. The number of hydrogen-bond donors (Lipinski definition) is 3. The van der Waals surface area contributed by atoms with Crippen LogP contribution < -0.4 is 20.9 Å². The SMILES string of the molecule is COc1ccc(Cn2ncc(N[C@@H](C)COC(C)C(=O)N[C@@H]3CCN(C(=O)OC(C)(C)C)C[C@H]3O)c(C(F)(F)F)c2=O)cc1. The van der Waals surface area contributed by atoms with Gasteiger partial charge in [-0.05, 0) is 58.7 Å². The molecular formula is C29H40F3N5O7. The molecule has 0 radical (unpaired) electrons. The topological polar surface area (TPSA) is 144 Å². The Kier molecular flexibility index (Phi) is 11.2. The summed E-state index contributed by atoms with van der Waals surface area (Å²) in [6, 6.07) is 5.12. The summed E-state index contributed by atoms with van der Waals surface area (Å²) >= 11 is 0. The monoisotopic (exact) mass is 627 g/mol. The van der Waals surface area contributed by atoms with Gasteiger partial charge in [0.1, 0.15) is 23.0 Å². The molecule has 3 rings (SSSR count). The number of rotatable bonds is 10. The van der Waals surface area contributed by atoms with Crippen LogP contribution in [0.2, 0.25) is 0 Å². The van der Waals surface area contributed by atoms with Gasteiger partial charge >= 0.3 is 12.3 Å². The smallest absolute Gasteiger partial charge is 0.423 e. The number of nitrogens with one attached hydrogen (secondary N) is 2. The molecule has 15 heteroatoms. The maximum absolute atomic E-state index is 14.0. The van der Waals surface area contributed by atoms with Gasteiger partial charge in [0.2, 0.25) is 5.91 Å². The second-order valence-electron chi connectivity index (χ2n) is 11.7. The Bertz CT molecular complexity index is 1340. The number of ether oxygens (including phenoxy) is 3. The summed E-state index contributed by atoms with van der Waals surface area (Å²) in [4.78, 5) is 39.2. The molecule has 2 amide bonds. The molecule has 1 aromatic carbocycles. The largest absolute Gasteiger partial charge is 0.497 e. The van der Waals surface area contributed by atoms with Crippen LogP contribution in [-0.2, 0) is 27.0 Å². The first-order valence-electron chi connectivity index (χ1n) is 14.1. The van der Waals surface area contributed by atoms with Crippen molar-refractivity contribution in [1.82, 2.24) is 20.0 Å². The molecule has 1 saturated heterocycles. The van der Waals surface area contributed by atoms with Crippen LogP contribution in [0, 0.1) is 0 Å². The van der Waals surface area contributed by atoms with Gasteiger partial charge < -0.3 is 34.9 Å². The Morgan fingerprint density at radius 1 is 1.16 bits per heavy atom. The first-order valence-corrected chi connectivity index (χ1v) is 14.1. The number of β-amino-alcohol motifs (C(OH)–C–C–N with tert-alkyl or cyclic N) is 1. The lowest BCUT2D eigenvalue weighted by atomic mass is 10.0. The molecule has 1 aliphatic rings. The fraction of sp³-hybridized carbons (Fsp3) is 0.586. The van der Waals surface area contributed by atoms with Crippen molar-refractivity contribution in [1.29, 1.82) is 0 Å². The van der Waals surface area contributed by atoms with Crippen LogP contribution in [0.3, 0.4) is 0 Å². The van der Waals surface area contributed by atoms with Crippen LogP contribution in [0.1, 0.15) is 52.2 Å². The third-order valence-electron chi connectivity index (χ3n) is 6.75. The highest BCUT2D eigenvalue weighted by atomic mass is 19.4. The van der Waals surface area contributed by atoms with E-state index in [2.05, 4.69) is 15.7 Å². The number of aliphatic hydroxyl groups excluding tert-OH is 1. The van der Waals surface area contributed by atoms with E-state index < -0.39 is 64.9 Å². The zero-order valence-electron chi connectivity index (χ0n) is 25.6. The molecule has 2 aromatic rings. The van der Waals surface area contributed by atoms with Crippen molar-refractivity contribution < 1.29 is 42.1 Å². The molecule has 0 saturated carbocycles. The van der Waals surface area contributed by atoms with Crippen LogP contribution in [0.15, 0.2) is 35.3 Å². The van der Waals surface area contributed by atoms with E-state index in [-0.39, 0.29) is 32.7 Å². The molecule has 0 aliphatic carbocycles. The Balaban J connectivity index is 1.56. The molecule has 0 bridgehead atoms. The highest BCUT2D eigenvalue weighted by Crippen LogP contribution is 2.32. The van der Waals surface area contributed by atoms with Gasteiger partial charge in [-0.15, -0.1) is 0 Å². The quantitative estimate of drug-likeness (QED) is 0.362. The molecule has 0 spiro atoms. The lowest BCUT2D eigenvalue weighted by molar-refractivity contribution is -0.138. The zero-order chi connectivity index (χ0) is 32.8. The summed E-state index contributed by atoms with van der Waals surface area (Å²) in [5.74, 6) is 0.0246. The number of benzene rings is 1. The molecule has 1 aromatic heterocycles. The number of methoxy groups -OCH3 is 1. The number of halogens is 3. The van der Waals surface area contributed by atoms with Gasteiger partial charge in [0.05, 0.1) is 50.8 Å². The van der Waals surface area contributed by atoms with Gasteiger partial charge in [-0.25, -0.2) is 9.48 Å². The highest BCUT2D eigenvalue weighted by Gasteiger charge is 2.39. The second kappa shape index (κ2) is 14.3. The lowest BCUT2D eigenvalue weighted by Crippen LogP contribution is -2.57. The number of carbonyl (C=O) groups is 2. The molecule has 12 nitrogen and oxygen atoms in total. The van der Waals surface area contributed by atoms with E-state index in [0.717, 1.165) is 10.9 Å². The van der Waals surface area contributed by atoms with Crippen LogP contribution in [0.4, 0.5) is 23.7 Å². The summed E-state index contributed by atoms with van der Waals surface area (Å²) in [7, 11) is 1.48. The molecule has 4 atom stereocenters.